The number of aromatic nitrogens is 4. The van der Waals surface area contributed by atoms with Crippen molar-refractivity contribution in [2.75, 3.05) is 4.72 Å². The van der Waals surface area contributed by atoms with E-state index in [-0.39, 0.29) is 17.7 Å². The predicted molar refractivity (Wildman–Crippen MR) is 122 cm³/mol. The number of thiazole rings is 1. The number of halogens is 1. The Kier molecular flexibility index (Phi) is 5.31. The van der Waals surface area contributed by atoms with Gasteiger partial charge in [-0.1, -0.05) is 11.6 Å². The summed E-state index contributed by atoms with van der Waals surface area (Å²) >= 11 is 7.34. The Hall–Kier alpha value is -3.02. The van der Waals surface area contributed by atoms with Crippen LogP contribution in [0.5, 0.6) is 0 Å². The lowest BCUT2D eigenvalue weighted by Crippen LogP contribution is -2.23. The zero-order chi connectivity index (χ0) is 22.3. The van der Waals surface area contributed by atoms with Gasteiger partial charge in [-0.15, -0.1) is 11.3 Å². The first-order chi connectivity index (χ1) is 15.4. The van der Waals surface area contributed by atoms with Crippen LogP contribution in [-0.2, 0) is 16.6 Å². The van der Waals surface area contributed by atoms with E-state index in [1.54, 1.807) is 47.4 Å². The molecular formula is C20H17ClN6O3S2. The van der Waals surface area contributed by atoms with Gasteiger partial charge in [-0.2, -0.15) is 5.10 Å². The first-order valence-electron chi connectivity index (χ1n) is 9.73. The topological polar surface area (TPSA) is 118 Å². The van der Waals surface area contributed by atoms with Gasteiger partial charge in [-0.05, 0) is 37.1 Å². The molecule has 5 rings (SSSR count). The number of amides is 1. The minimum Gasteiger partial charge on any atom is -0.344 e. The maximum absolute atomic E-state index is 12.6. The van der Waals surface area contributed by atoms with E-state index < -0.39 is 10.0 Å². The van der Waals surface area contributed by atoms with Crippen molar-refractivity contribution in [3.05, 3.63) is 64.8 Å². The van der Waals surface area contributed by atoms with Gasteiger partial charge in [-0.25, -0.2) is 17.9 Å². The lowest BCUT2D eigenvalue weighted by molar-refractivity contribution is 0.0950. The number of nitrogens with one attached hydrogen (secondary N) is 2. The van der Waals surface area contributed by atoms with E-state index in [2.05, 4.69) is 25.1 Å². The molecule has 32 heavy (non-hydrogen) atoms. The highest BCUT2D eigenvalue weighted by atomic mass is 35.5. The summed E-state index contributed by atoms with van der Waals surface area (Å²) in [5, 5.41) is 7.64. The standard InChI is InChI=1S/C20H17ClN6O3S2/c21-12-4-6-27-17(7-12)16(10-25-27)18-11-24-20(31-18)19(28)23-9-14-8-13(3-5-22-14)26-32(29,30)15-1-2-15/h3-8,10-11,15H,1-2,9H2,(H,22,26)(H,23,28). The van der Waals surface area contributed by atoms with Gasteiger partial charge in [0.25, 0.3) is 5.91 Å². The summed E-state index contributed by atoms with van der Waals surface area (Å²) in [5.41, 5.74) is 2.62. The van der Waals surface area contributed by atoms with Gasteiger partial charge in [0.1, 0.15) is 0 Å². The van der Waals surface area contributed by atoms with Crippen LogP contribution in [0.25, 0.3) is 16.0 Å². The van der Waals surface area contributed by atoms with E-state index in [4.69, 9.17) is 11.6 Å². The number of fused-ring (bicyclic) bond motifs is 1. The fourth-order valence-electron chi connectivity index (χ4n) is 3.16. The Morgan fingerprint density at radius 3 is 2.88 bits per heavy atom. The molecular weight excluding hydrogens is 472 g/mol. The first-order valence-corrected chi connectivity index (χ1v) is 12.5. The average molecular weight is 489 g/mol. The normalized spacial score (nSPS) is 13.9. The van der Waals surface area contributed by atoms with E-state index in [9.17, 15) is 13.2 Å². The fraction of sp³-hybridized carbons (Fsp3) is 0.200. The Morgan fingerprint density at radius 1 is 1.22 bits per heavy atom. The van der Waals surface area contributed by atoms with E-state index in [1.165, 1.54) is 17.5 Å². The van der Waals surface area contributed by atoms with E-state index in [0.717, 1.165) is 16.0 Å². The maximum atomic E-state index is 12.6. The third-order valence-electron chi connectivity index (χ3n) is 4.92. The lowest BCUT2D eigenvalue weighted by atomic mass is 10.2. The van der Waals surface area contributed by atoms with Crippen LogP contribution in [0.1, 0.15) is 28.3 Å². The van der Waals surface area contributed by atoms with E-state index >= 15 is 0 Å². The smallest absolute Gasteiger partial charge is 0.280 e. The number of nitrogens with zero attached hydrogens (tertiary/aromatic N) is 4. The summed E-state index contributed by atoms with van der Waals surface area (Å²) in [6, 6.07) is 6.74. The molecule has 12 heteroatoms. The molecule has 0 aliphatic heterocycles. The number of rotatable bonds is 7. The third-order valence-corrected chi connectivity index (χ3v) is 8.05. The molecule has 4 aromatic rings. The first kappa shape index (κ1) is 20.9. The predicted octanol–water partition coefficient (Wildman–Crippen LogP) is 3.34. The van der Waals surface area contributed by atoms with Crippen molar-refractivity contribution in [1.82, 2.24) is 24.9 Å². The zero-order valence-corrected chi connectivity index (χ0v) is 18.9. The number of hydrogen-bond donors (Lipinski definition) is 2. The van der Waals surface area contributed by atoms with E-state index in [1.807, 2.05) is 0 Å². The molecule has 0 aromatic carbocycles. The monoisotopic (exact) mass is 488 g/mol. The van der Waals surface area contributed by atoms with Crippen molar-refractivity contribution in [3.8, 4) is 10.4 Å². The summed E-state index contributed by atoms with van der Waals surface area (Å²) in [7, 11) is -3.36. The molecule has 1 fully saturated rings. The number of carbonyl (C=O) groups is 1. The summed E-state index contributed by atoms with van der Waals surface area (Å²) in [6.45, 7) is 0.138. The lowest BCUT2D eigenvalue weighted by Gasteiger charge is -2.08. The molecule has 0 spiro atoms. The molecule has 1 aliphatic carbocycles. The molecule has 1 amide bonds. The number of carbonyl (C=O) groups excluding carboxylic acids is 1. The minimum absolute atomic E-state index is 0.138. The summed E-state index contributed by atoms with van der Waals surface area (Å²) in [4.78, 5) is 21.8. The van der Waals surface area contributed by atoms with Gasteiger partial charge in [-0.3, -0.25) is 14.5 Å². The maximum Gasteiger partial charge on any atom is 0.280 e. The molecule has 164 valence electrons. The molecule has 0 bridgehead atoms. The largest absolute Gasteiger partial charge is 0.344 e. The number of pyridine rings is 2. The zero-order valence-electron chi connectivity index (χ0n) is 16.5. The second-order valence-corrected chi connectivity index (χ2v) is 10.8. The van der Waals surface area contributed by atoms with Gasteiger partial charge in [0.15, 0.2) is 5.01 Å². The second kappa shape index (κ2) is 8.15. The molecule has 1 saturated carbocycles. The van der Waals surface area contributed by atoms with Gasteiger partial charge in [0.2, 0.25) is 10.0 Å². The molecule has 0 unspecified atom stereocenters. The summed E-state index contributed by atoms with van der Waals surface area (Å²) in [6.07, 6.45) is 7.97. The number of sulfonamides is 1. The molecule has 9 nitrogen and oxygen atoms in total. The number of anilines is 1. The Balaban J connectivity index is 1.27. The van der Waals surface area contributed by atoms with Crippen molar-refractivity contribution >= 4 is 50.1 Å². The highest BCUT2D eigenvalue weighted by molar-refractivity contribution is 7.93. The van der Waals surface area contributed by atoms with Crippen LogP contribution in [0, 0.1) is 0 Å². The second-order valence-electron chi connectivity index (χ2n) is 7.33. The van der Waals surface area contributed by atoms with Crippen LogP contribution in [0.3, 0.4) is 0 Å². The van der Waals surface area contributed by atoms with Crippen LogP contribution in [0.4, 0.5) is 5.69 Å². The van der Waals surface area contributed by atoms with Gasteiger partial charge < -0.3 is 5.32 Å². The molecule has 2 N–H and O–H groups in total. The van der Waals surface area contributed by atoms with Gasteiger partial charge in [0.05, 0.1) is 39.8 Å². The highest BCUT2D eigenvalue weighted by Crippen LogP contribution is 2.31. The van der Waals surface area contributed by atoms with Crippen molar-refractivity contribution in [2.24, 2.45) is 0 Å². The van der Waals surface area contributed by atoms with Crippen molar-refractivity contribution in [2.45, 2.75) is 24.6 Å². The van der Waals surface area contributed by atoms with E-state index in [0.29, 0.717) is 34.3 Å². The quantitative estimate of drug-likeness (QED) is 0.412. The van der Waals surface area contributed by atoms with Crippen LogP contribution in [0.15, 0.2) is 49.1 Å². The fourth-order valence-corrected chi connectivity index (χ4v) is 5.55. The third kappa shape index (κ3) is 4.31. The van der Waals surface area contributed by atoms with Gasteiger partial charge in [0, 0.05) is 29.2 Å². The van der Waals surface area contributed by atoms with Crippen LogP contribution in [0.2, 0.25) is 5.02 Å². The SMILES string of the molecule is O=C(NCc1cc(NS(=O)(=O)C2CC2)ccn1)c1ncc(-c2cnn3ccc(Cl)cc23)s1. The molecule has 4 heterocycles. The molecule has 0 atom stereocenters. The summed E-state index contributed by atoms with van der Waals surface area (Å²) < 4.78 is 28.5. The summed E-state index contributed by atoms with van der Waals surface area (Å²) in [5.74, 6) is -0.346. The van der Waals surface area contributed by atoms with Crippen molar-refractivity contribution in [1.29, 1.82) is 0 Å². The minimum atomic E-state index is -3.36. The molecule has 0 radical (unpaired) electrons. The average Bonchev–Trinajstić information content (AvgIpc) is 3.39. The number of hydrogen-bond acceptors (Lipinski definition) is 7. The molecule has 0 saturated heterocycles. The molecule has 1 aliphatic rings. The highest BCUT2D eigenvalue weighted by Gasteiger charge is 2.35. The van der Waals surface area contributed by atoms with Crippen LogP contribution in [-0.4, -0.2) is 39.2 Å². The Labute approximate surface area is 192 Å². The molecule has 4 aromatic heterocycles. The van der Waals surface area contributed by atoms with Crippen LogP contribution < -0.4 is 10.0 Å². The van der Waals surface area contributed by atoms with Crippen molar-refractivity contribution < 1.29 is 13.2 Å². The Bertz CT molecular complexity index is 1430. The van der Waals surface area contributed by atoms with Crippen LogP contribution >= 0.6 is 22.9 Å². The Morgan fingerprint density at radius 2 is 2.06 bits per heavy atom. The van der Waals surface area contributed by atoms with Gasteiger partial charge >= 0.3 is 0 Å². The van der Waals surface area contributed by atoms with Crippen molar-refractivity contribution in [3.63, 3.8) is 0 Å².